The number of piperidine rings is 1. The molecule has 0 unspecified atom stereocenters. The predicted octanol–water partition coefficient (Wildman–Crippen LogP) is 1.26. The summed E-state index contributed by atoms with van der Waals surface area (Å²) in [6.45, 7) is 0.922. The first-order valence-corrected chi connectivity index (χ1v) is 8.10. The van der Waals surface area contributed by atoms with Gasteiger partial charge in [0.05, 0.1) is 11.7 Å². The van der Waals surface area contributed by atoms with Crippen LogP contribution in [0.4, 0.5) is 0 Å². The van der Waals surface area contributed by atoms with Crippen molar-refractivity contribution in [1.82, 2.24) is 20.4 Å². The van der Waals surface area contributed by atoms with Crippen molar-refractivity contribution >= 4 is 5.91 Å². The van der Waals surface area contributed by atoms with Crippen molar-refractivity contribution in [2.24, 2.45) is 7.05 Å². The number of carbonyl (C=O) groups is 1. The summed E-state index contributed by atoms with van der Waals surface area (Å²) >= 11 is 0. The summed E-state index contributed by atoms with van der Waals surface area (Å²) in [4.78, 5) is 11.8. The molecule has 7 nitrogen and oxygen atoms in total. The molecule has 2 aromatic rings. The summed E-state index contributed by atoms with van der Waals surface area (Å²) in [5.41, 5.74) is 2.06. The van der Waals surface area contributed by atoms with E-state index in [1.807, 2.05) is 36.0 Å². The molecule has 0 spiro atoms. The fourth-order valence-electron chi connectivity index (χ4n) is 3.36. The van der Waals surface area contributed by atoms with Gasteiger partial charge in [0.15, 0.2) is 11.5 Å². The summed E-state index contributed by atoms with van der Waals surface area (Å²) in [7, 11) is 1.89. The third kappa shape index (κ3) is 2.71. The van der Waals surface area contributed by atoms with Crippen LogP contribution in [0.15, 0.2) is 30.5 Å². The van der Waals surface area contributed by atoms with Crippen LogP contribution in [0.3, 0.4) is 0 Å². The lowest BCUT2D eigenvalue weighted by Crippen LogP contribution is -2.48. The summed E-state index contributed by atoms with van der Waals surface area (Å²) < 4.78 is 12.8. The Bertz CT molecular complexity index is 758. The van der Waals surface area contributed by atoms with Crippen molar-refractivity contribution in [3.63, 3.8) is 0 Å². The van der Waals surface area contributed by atoms with Gasteiger partial charge in [0, 0.05) is 37.8 Å². The SMILES string of the molecule is Cn1nccc1[C@@H]1NC(=O)CC[C@H]1NCc1cccc2c1OCO2. The molecule has 1 aromatic heterocycles. The van der Waals surface area contributed by atoms with Gasteiger partial charge in [-0.1, -0.05) is 12.1 Å². The Morgan fingerprint density at radius 2 is 2.29 bits per heavy atom. The average Bonchev–Trinajstić information content (AvgIpc) is 3.22. The van der Waals surface area contributed by atoms with E-state index in [1.54, 1.807) is 6.20 Å². The van der Waals surface area contributed by atoms with Gasteiger partial charge in [-0.2, -0.15) is 5.10 Å². The zero-order valence-corrected chi connectivity index (χ0v) is 13.5. The summed E-state index contributed by atoms with van der Waals surface area (Å²) in [5, 5.41) is 10.9. The molecule has 2 aliphatic heterocycles. The number of aromatic nitrogens is 2. The summed E-state index contributed by atoms with van der Waals surface area (Å²) in [6.07, 6.45) is 3.06. The third-order valence-corrected chi connectivity index (χ3v) is 4.61. The number of hydrogen-bond donors (Lipinski definition) is 2. The van der Waals surface area contributed by atoms with Gasteiger partial charge in [0.2, 0.25) is 12.7 Å². The molecule has 3 heterocycles. The van der Waals surface area contributed by atoms with Crippen LogP contribution >= 0.6 is 0 Å². The van der Waals surface area contributed by atoms with Gasteiger partial charge in [0.25, 0.3) is 0 Å². The van der Waals surface area contributed by atoms with Crippen LogP contribution in [-0.4, -0.2) is 28.5 Å². The lowest BCUT2D eigenvalue weighted by atomic mass is 9.95. The maximum atomic E-state index is 11.8. The molecule has 1 saturated heterocycles. The van der Waals surface area contributed by atoms with Gasteiger partial charge in [-0.25, -0.2) is 0 Å². The van der Waals surface area contributed by atoms with Crippen LogP contribution in [0.25, 0.3) is 0 Å². The molecular weight excluding hydrogens is 308 g/mol. The van der Waals surface area contributed by atoms with E-state index in [1.165, 1.54) is 0 Å². The predicted molar refractivity (Wildman–Crippen MR) is 86.5 cm³/mol. The molecule has 24 heavy (non-hydrogen) atoms. The van der Waals surface area contributed by atoms with Crippen LogP contribution < -0.4 is 20.1 Å². The Hall–Kier alpha value is -2.54. The minimum Gasteiger partial charge on any atom is -0.454 e. The first kappa shape index (κ1) is 15.0. The molecular formula is C17H20N4O3. The zero-order valence-electron chi connectivity index (χ0n) is 13.5. The molecule has 4 rings (SSSR count). The first-order valence-electron chi connectivity index (χ1n) is 8.10. The van der Waals surface area contributed by atoms with Gasteiger partial charge in [-0.3, -0.25) is 9.48 Å². The molecule has 0 radical (unpaired) electrons. The van der Waals surface area contributed by atoms with Crippen LogP contribution in [0.1, 0.15) is 30.1 Å². The average molecular weight is 328 g/mol. The largest absolute Gasteiger partial charge is 0.454 e. The molecule has 1 fully saturated rings. The molecule has 126 valence electrons. The third-order valence-electron chi connectivity index (χ3n) is 4.61. The number of carbonyl (C=O) groups excluding carboxylic acids is 1. The van der Waals surface area contributed by atoms with Crippen molar-refractivity contribution < 1.29 is 14.3 Å². The highest BCUT2D eigenvalue weighted by molar-refractivity contribution is 5.77. The number of nitrogens with zero attached hydrogens (tertiary/aromatic N) is 2. The minimum absolute atomic E-state index is 0.0802. The van der Waals surface area contributed by atoms with E-state index < -0.39 is 0 Å². The van der Waals surface area contributed by atoms with Crippen LogP contribution in [0.2, 0.25) is 0 Å². The van der Waals surface area contributed by atoms with Crippen molar-refractivity contribution in [1.29, 1.82) is 0 Å². The normalized spacial score (nSPS) is 22.5. The Morgan fingerprint density at radius 3 is 3.12 bits per heavy atom. The fourth-order valence-corrected chi connectivity index (χ4v) is 3.36. The standard InChI is InChI=1S/C17H20N4O3/c1-21-13(7-8-19-21)16-12(5-6-15(22)20-16)18-9-11-3-2-4-14-17(11)24-10-23-14/h2-4,7-8,12,16,18H,5-6,9-10H2,1H3,(H,20,22)/t12-,16-/m1/s1. The van der Waals surface area contributed by atoms with Gasteiger partial charge in [-0.05, 0) is 18.6 Å². The Labute approximate surface area is 139 Å². The monoisotopic (exact) mass is 328 g/mol. The zero-order chi connectivity index (χ0) is 16.5. The smallest absolute Gasteiger partial charge is 0.231 e. The summed E-state index contributed by atoms with van der Waals surface area (Å²) in [5.74, 6) is 1.67. The van der Waals surface area contributed by atoms with Crippen molar-refractivity contribution in [2.45, 2.75) is 31.5 Å². The lowest BCUT2D eigenvalue weighted by molar-refractivity contribution is -0.124. The number of benzene rings is 1. The van der Waals surface area contributed by atoms with Crippen LogP contribution in [0.5, 0.6) is 11.5 Å². The molecule has 2 atom stereocenters. The highest BCUT2D eigenvalue weighted by Crippen LogP contribution is 2.35. The second-order valence-electron chi connectivity index (χ2n) is 6.10. The molecule has 0 saturated carbocycles. The number of nitrogens with one attached hydrogen (secondary N) is 2. The van der Waals surface area contributed by atoms with Crippen molar-refractivity contribution in [3.8, 4) is 11.5 Å². The van der Waals surface area contributed by atoms with Crippen molar-refractivity contribution in [3.05, 3.63) is 41.7 Å². The highest BCUT2D eigenvalue weighted by Gasteiger charge is 2.31. The number of ether oxygens (including phenoxy) is 2. The Kier molecular flexibility index (Phi) is 3.86. The Morgan fingerprint density at radius 1 is 1.38 bits per heavy atom. The highest BCUT2D eigenvalue weighted by atomic mass is 16.7. The van der Waals surface area contributed by atoms with E-state index in [9.17, 15) is 4.79 Å². The van der Waals surface area contributed by atoms with E-state index in [0.29, 0.717) is 13.0 Å². The van der Waals surface area contributed by atoms with Gasteiger partial charge < -0.3 is 20.1 Å². The van der Waals surface area contributed by atoms with Crippen LogP contribution in [-0.2, 0) is 18.4 Å². The number of para-hydroxylation sites is 1. The fraction of sp³-hybridized carbons (Fsp3) is 0.412. The second-order valence-corrected chi connectivity index (χ2v) is 6.10. The van der Waals surface area contributed by atoms with E-state index in [-0.39, 0.29) is 24.8 Å². The molecule has 1 aromatic carbocycles. The Balaban J connectivity index is 1.51. The first-order chi connectivity index (χ1) is 11.7. The molecule has 1 amide bonds. The van der Waals surface area contributed by atoms with E-state index >= 15 is 0 Å². The van der Waals surface area contributed by atoms with E-state index in [0.717, 1.165) is 29.2 Å². The van der Waals surface area contributed by atoms with E-state index in [4.69, 9.17) is 9.47 Å². The maximum absolute atomic E-state index is 11.8. The topological polar surface area (TPSA) is 77.4 Å². The number of fused-ring (bicyclic) bond motifs is 1. The minimum atomic E-state index is -0.0901. The van der Waals surface area contributed by atoms with E-state index in [2.05, 4.69) is 15.7 Å². The number of aryl methyl sites for hydroxylation is 1. The molecule has 2 aliphatic rings. The van der Waals surface area contributed by atoms with Gasteiger partial charge in [-0.15, -0.1) is 0 Å². The second kappa shape index (κ2) is 6.16. The molecule has 2 N–H and O–H groups in total. The molecule has 0 bridgehead atoms. The number of rotatable bonds is 4. The molecule has 7 heteroatoms. The summed E-state index contributed by atoms with van der Waals surface area (Å²) in [6, 6.07) is 7.89. The van der Waals surface area contributed by atoms with Gasteiger partial charge >= 0.3 is 0 Å². The number of amides is 1. The lowest BCUT2D eigenvalue weighted by Gasteiger charge is -2.33. The maximum Gasteiger partial charge on any atom is 0.231 e. The number of hydrogen-bond acceptors (Lipinski definition) is 5. The molecule has 0 aliphatic carbocycles. The quantitative estimate of drug-likeness (QED) is 0.883. The van der Waals surface area contributed by atoms with Crippen molar-refractivity contribution in [2.75, 3.05) is 6.79 Å². The van der Waals surface area contributed by atoms with Crippen LogP contribution in [0, 0.1) is 0 Å². The van der Waals surface area contributed by atoms with Gasteiger partial charge in [0.1, 0.15) is 0 Å².